The summed E-state index contributed by atoms with van der Waals surface area (Å²) in [7, 11) is 0. The summed E-state index contributed by atoms with van der Waals surface area (Å²) in [6.45, 7) is 9.17. The van der Waals surface area contributed by atoms with E-state index in [9.17, 15) is 9.59 Å². The van der Waals surface area contributed by atoms with E-state index in [1.807, 2.05) is 6.92 Å². The molecule has 5 nitrogen and oxygen atoms in total. The summed E-state index contributed by atoms with van der Waals surface area (Å²) < 4.78 is 15.3. The monoisotopic (exact) mass is 519 g/mol. The summed E-state index contributed by atoms with van der Waals surface area (Å²) in [6.07, 6.45) is 2.16. The van der Waals surface area contributed by atoms with Gasteiger partial charge in [0.05, 0.1) is 15.7 Å². The largest absolute Gasteiger partial charge is 0.366 e. The van der Waals surface area contributed by atoms with E-state index < -0.39 is 17.6 Å². The van der Waals surface area contributed by atoms with E-state index in [2.05, 4.69) is 31.0 Å². The second-order valence-electron chi connectivity index (χ2n) is 9.13. The number of hydrogen-bond donors (Lipinski definition) is 1. The molecule has 0 aromatic heterocycles. The molecule has 2 aromatic carbocycles. The predicted octanol–water partition coefficient (Wildman–Crippen LogP) is 6.08. The zero-order valence-electron chi connectivity index (χ0n) is 19.2. The molecule has 2 aromatic rings. The van der Waals surface area contributed by atoms with E-state index >= 15 is 4.39 Å². The second-order valence-corrected chi connectivity index (χ2v) is 10.3. The predicted molar refractivity (Wildman–Crippen MR) is 139 cm³/mol. The summed E-state index contributed by atoms with van der Waals surface area (Å²) in [5.74, 6) is -1.75. The highest BCUT2D eigenvalue weighted by molar-refractivity contribution is 7.80. The van der Waals surface area contributed by atoms with E-state index in [1.165, 1.54) is 12.1 Å². The SMILES string of the molecule is CCN1c2cc(F)c(/C=C3/C(=O)NC(=S)N(c4cccc(Cl)c4Cl)C3=O)cc2C(C)CC1(C)C. The fraction of sp³-hybridized carbons (Fsp3) is 0.320. The third-order valence-electron chi connectivity index (χ3n) is 6.39. The second kappa shape index (κ2) is 8.95. The zero-order valence-corrected chi connectivity index (χ0v) is 21.5. The van der Waals surface area contributed by atoms with Crippen LogP contribution < -0.4 is 15.1 Å². The average Bonchev–Trinajstić information content (AvgIpc) is 2.74. The molecule has 1 unspecified atom stereocenters. The molecule has 1 saturated heterocycles. The highest BCUT2D eigenvalue weighted by atomic mass is 35.5. The lowest BCUT2D eigenvalue weighted by Gasteiger charge is -2.47. The fourth-order valence-corrected chi connectivity index (χ4v) is 5.58. The first kappa shape index (κ1) is 24.6. The van der Waals surface area contributed by atoms with Crippen molar-refractivity contribution in [2.45, 2.75) is 45.6 Å². The van der Waals surface area contributed by atoms with Gasteiger partial charge in [0.15, 0.2) is 5.11 Å². The van der Waals surface area contributed by atoms with Crippen molar-refractivity contribution in [2.24, 2.45) is 0 Å². The van der Waals surface area contributed by atoms with Crippen LogP contribution in [0.2, 0.25) is 10.0 Å². The van der Waals surface area contributed by atoms with Crippen molar-refractivity contribution in [1.29, 1.82) is 0 Å². The maximum Gasteiger partial charge on any atom is 0.270 e. The molecule has 0 spiro atoms. The van der Waals surface area contributed by atoms with Gasteiger partial charge in [0.1, 0.15) is 11.4 Å². The molecule has 4 rings (SSSR count). The van der Waals surface area contributed by atoms with Crippen LogP contribution in [-0.2, 0) is 9.59 Å². The molecule has 1 atom stereocenters. The van der Waals surface area contributed by atoms with Gasteiger partial charge in [-0.3, -0.25) is 19.8 Å². The van der Waals surface area contributed by atoms with Gasteiger partial charge in [0.25, 0.3) is 11.8 Å². The zero-order chi connectivity index (χ0) is 24.9. The summed E-state index contributed by atoms with van der Waals surface area (Å²) in [5, 5.41) is 2.71. The Labute approximate surface area is 213 Å². The van der Waals surface area contributed by atoms with Gasteiger partial charge in [-0.05, 0) is 81.2 Å². The minimum atomic E-state index is -0.709. The van der Waals surface area contributed by atoms with Crippen LogP contribution in [-0.4, -0.2) is 29.0 Å². The highest BCUT2D eigenvalue weighted by Crippen LogP contribution is 2.44. The van der Waals surface area contributed by atoms with E-state index in [4.69, 9.17) is 35.4 Å². The Morgan fingerprint density at radius 1 is 1.24 bits per heavy atom. The smallest absolute Gasteiger partial charge is 0.270 e. The number of carbonyl (C=O) groups excluding carboxylic acids is 2. The molecule has 2 heterocycles. The van der Waals surface area contributed by atoms with Crippen LogP contribution >= 0.6 is 35.4 Å². The fourth-order valence-electron chi connectivity index (χ4n) is 4.93. The van der Waals surface area contributed by atoms with Crippen molar-refractivity contribution >= 4 is 69.8 Å². The summed E-state index contributed by atoms with van der Waals surface area (Å²) >= 11 is 17.6. The van der Waals surface area contributed by atoms with Crippen molar-refractivity contribution in [3.8, 4) is 0 Å². The van der Waals surface area contributed by atoms with Gasteiger partial charge in [-0.25, -0.2) is 4.39 Å². The van der Waals surface area contributed by atoms with Gasteiger partial charge in [-0.1, -0.05) is 36.2 Å². The third-order valence-corrected chi connectivity index (χ3v) is 7.49. The standard InChI is InChI=1S/C25H24Cl2FN3O2S/c1-5-30-20-11-18(28)14(9-15(20)13(2)12-25(30,3)4)10-16-22(32)29-24(34)31(23(16)33)19-8-6-7-17(26)21(19)27/h6-11,13H,5,12H2,1-4H3,(H,29,32,34)/b16-10-. The first-order chi connectivity index (χ1) is 16.0. The Bertz CT molecular complexity index is 1260. The minimum absolute atomic E-state index is 0.112. The number of amides is 2. The Kier molecular flexibility index (Phi) is 6.48. The quantitative estimate of drug-likeness (QED) is 0.303. The number of anilines is 2. The summed E-state index contributed by atoms with van der Waals surface area (Å²) in [4.78, 5) is 29.3. The number of nitrogens with one attached hydrogen (secondary N) is 1. The molecule has 1 N–H and O–H groups in total. The molecule has 34 heavy (non-hydrogen) atoms. The van der Waals surface area contributed by atoms with Gasteiger partial charge < -0.3 is 4.90 Å². The molecular weight excluding hydrogens is 496 g/mol. The number of thiocarbonyl (C=S) groups is 1. The van der Waals surface area contributed by atoms with Crippen LogP contribution in [0.15, 0.2) is 35.9 Å². The van der Waals surface area contributed by atoms with Crippen molar-refractivity contribution < 1.29 is 14.0 Å². The van der Waals surface area contributed by atoms with Crippen molar-refractivity contribution in [1.82, 2.24) is 5.32 Å². The van der Waals surface area contributed by atoms with Crippen LogP contribution in [0.25, 0.3) is 6.08 Å². The molecule has 0 saturated carbocycles. The molecular formula is C25H24Cl2FN3O2S. The molecule has 9 heteroatoms. The molecule has 2 aliphatic heterocycles. The van der Waals surface area contributed by atoms with Gasteiger partial charge in [0, 0.05) is 23.3 Å². The number of hydrogen-bond acceptors (Lipinski definition) is 4. The lowest BCUT2D eigenvalue weighted by molar-refractivity contribution is -0.122. The van der Waals surface area contributed by atoms with Crippen LogP contribution in [0, 0.1) is 5.82 Å². The minimum Gasteiger partial charge on any atom is -0.366 e. The Hall–Kier alpha value is -2.48. The maximum absolute atomic E-state index is 15.3. The van der Waals surface area contributed by atoms with E-state index in [1.54, 1.807) is 24.3 Å². The van der Waals surface area contributed by atoms with Crippen molar-refractivity contribution in [3.05, 3.63) is 62.9 Å². The van der Waals surface area contributed by atoms with Crippen LogP contribution in [0.5, 0.6) is 0 Å². The van der Waals surface area contributed by atoms with Crippen LogP contribution in [0.1, 0.15) is 51.2 Å². The number of benzene rings is 2. The van der Waals surface area contributed by atoms with E-state index in [-0.39, 0.29) is 43.4 Å². The highest BCUT2D eigenvalue weighted by Gasteiger charge is 2.38. The topological polar surface area (TPSA) is 52.7 Å². The van der Waals surface area contributed by atoms with Gasteiger partial charge >= 0.3 is 0 Å². The summed E-state index contributed by atoms with van der Waals surface area (Å²) in [5.41, 5.74) is 1.83. The van der Waals surface area contributed by atoms with E-state index in [0.29, 0.717) is 0 Å². The average molecular weight is 520 g/mol. The molecule has 178 valence electrons. The van der Waals surface area contributed by atoms with Crippen molar-refractivity contribution in [3.63, 3.8) is 0 Å². The molecule has 0 radical (unpaired) electrons. The number of carbonyl (C=O) groups is 2. The lowest BCUT2D eigenvalue weighted by Crippen LogP contribution is -2.54. The van der Waals surface area contributed by atoms with Crippen LogP contribution in [0.3, 0.4) is 0 Å². The number of fused-ring (bicyclic) bond motifs is 1. The third kappa shape index (κ3) is 4.10. The first-order valence-electron chi connectivity index (χ1n) is 10.9. The molecule has 2 aliphatic rings. The number of nitrogens with zero attached hydrogens (tertiary/aromatic N) is 2. The van der Waals surface area contributed by atoms with Gasteiger partial charge in [-0.15, -0.1) is 0 Å². The van der Waals surface area contributed by atoms with Gasteiger partial charge in [-0.2, -0.15) is 0 Å². The number of rotatable bonds is 3. The first-order valence-corrected chi connectivity index (χ1v) is 12.1. The molecule has 2 amide bonds. The molecule has 0 aliphatic carbocycles. The van der Waals surface area contributed by atoms with E-state index in [0.717, 1.165) is 29.1 Å². The Morgan fingerprint density at radius 3 is 2.62 bits per heavy atom. The summed E-state index contributed by atoms with van der Waals surface area (Å²) in [6, 6.07) is 7.97. The Morgan fingerprint density at radius 2 is 1.94 bits per heavy atom. The van der Waals surface area contributed by atoms with Crippen LogP contribution in [0.4, 0.5) is 15.8 Å². The number of halogens is 3. The van der Waals surface area contributed by atoms with Gasteiger partial charge in [0.2, 0.25) is 0 Å². The maximum atomic E-state index is 15.3. The lowest BCUT2D eigenvalue weighted by atomic mass is 9.79. The normalized spacial score (nSPS) is 21.1. The molecule has 1 fully saturated rings. The molecule has 0 bridgehead atoms. The van der Waals surface area contributed by atoms with Crippen molar-refractivity contribution in [2.75, 3.05) is 16.3 Å². The Balaban J connectivity index is 1.80.